The summed E-state index contributed by atoms with van der Waals surface area (Å²) in [5.41, 5.74) is 12.9. The number of rotatable bonds is 18. The molecular formula is C39H54N6O6. The number of hydrogen-bond donors (Lipinski definition) is 5. The second-order valence-electron chi connectivity index (χ2n) is 14.8. The molecule has 1 aliphatic carbocycles. The zero-order valence-electron chi connectivity index (χ0n) is 29.5. The molecule has 51 heavy (non-hydrogen) atoms. The van der Waals surface area contributed by atoms with Crippen molar-refractivity contribution in [1.29, 1.82) is 0 Å². The Kier molecular flexibility index (Phi) is 13.4. The molecule has 12 heteroatoms. The SMILES string of the molecule is NCCCCC(NC(=O)C1(CC(=O)C(Cc2ccccc2)NC(=O)C(N)Cc2ccccc2)CCCC1)C(=O)N1CC2CN(CC(=O)O)CC2C1. The summed E-state index contributed by atoms with van der Waals surface area (Å²) < 4.78 is 0. The quantitative estimate of drug-likeness (QED) is 0.145. The van der Waals surface area contributed by atoms with Crippen LogP contribution in [0.15, 0.2) is 60.7 Å². The number of carbonyl (C=O) groups is 5. The van der Waals surface area contributed by atoms with Crippen LogP contribution in [-0.2, 0) is 36.8 Å². The first-order valence-electron chi connectivity index (χ1n) is 18.5. The minimum atomic E-state index is -0.992. The molecule has 2 aromatic carbocycles. The van der Waals surface area contributed by atoms with E-state index in [0.29, 0.717) is 71.2 Å². The lowest BCUT2D eigenvalue weighted by Gasteiger charge is -2.32. The van der Waals surface area contributed by atoms with Crippen LogP contribution < -0.4 is 22.1 Å². The Labute approximate surface area is 300 Å². The molecule has 5 rings (SSSR count). The molecule has 5 atom stereocenters. The van der Waals surface area contributed by atoms with E-state index in [1.807, 2.05) is 70.5 Å². The van der Waals surface area contributed by atoms with Crippen LogP contribution in [0.4, 0.5) is 0 Å². The van der Waals surface area contributed by atoms with Gasteiger partial charge in [0.1, 0.15) is 6.04 Å². The van der Waals surface area contributed by atoms with E-state index in [0.717, 1.165) is 24.0 Å². The van der Waals surface area contributed by atoms with Crippen molar-refractivity contribution in [2.24, 2.45) is 28.7 Å². The molecule has 0 radical (unpaired) electrons. The number of nitrogens with zero attached hydrogens (tertiary/aromatic N) is 2. The second-order valence-corrected chi connectivity index (χ2v) is 14.8. The molecule has 3 aliphatic rings. The van der Waals surface area contributed by atoms with Crippen LogP contribution in [-0.4, -0.2) is 102 Å². The van der Waals surface area contributed by atoms with Gasteiger partial charge in [0.05, 0.1) is 24.0 Å². The summed E-state index contributed by atoms with van der Waals surface area (Å²) in [6.45, 7) is 2.79. The Morgan fingerprint density at radius 3 is 1.96 bits per heavy atom. The number of unbranched alkanes of at least 4 members (excludes halogenated alkanes) is 1. The van der Waals surface area contributed by atoms with Gasteiger partial charge in [0, 0.05) is 32.6 Å². The van der Waals surface area contributed by atoms with E-state index < -0.39 is 35.4 Å². The van der Waals surface area contributed by atoms with E-state index in [1.165, 1.54) is 0 Å². The number of carboxylic acids is 1. The number of carbonyl (C=O) groups excluding carboxylic acids is 4. The van der Waals surface area contributed by atoms with E-state index in [9.17, 15) is 29.1 Å². The molecule has 7 N–H and O–H groups in total. The number of aliphatic carboxylic acids is 1. The number of benzene rings is 2. The number of nitrogens with one attached hydrogen (secondary N) is 2. The molecule has 0 aromatic heterocycles. The molecule has 0 bridgehead atoms. The summed E-state index contributed by atoms with van der Waals surface area (Å²) >= 11 is 0. The Morgan fingerprint density at radius 2 is 1.39 bits per heavy atom. The predicted octanol–water partition coefficient (Wildman–Crippen LogP) is 1.89. The van der Waals surface area contributed by atoms with Crippen LogP contribution >= 0.6 is 0 Å². The topological polar surface area (TPSA) is 188 Å². The Morgan fingerprint density at radius 1 is 0.804 bits per heavy atom. The van der Waals surface area contributed by atoms with Crippen molar-refractivity contribution in [3.63, 3.8) is 0 Å². The van der Waals surface area contributed by atoms with Gasteiger partial charge in [-0.15, -0.1) is 0 Å². The maximum Gasteiger partial charge on any atom is 0.317 e. The first-order chi connectivity index (χ1) is 24.6. The fourth-order valence-electron chi connectivity index (χ4n) is 8.20. The molecule has 0 spiro atoms. The average Bonchev–Trinajstić information content (AvgIpc) is 3.84. The molecule has 2 saturated heterocycles. The van der Waals surface area contributed by atoms with Crippen LogP contribution in [0.3, 0.4) is 0 Å². The Hall–Kier alpha value is -4.13. The van der Waals surface area contributed by atoms with E-state index in [-0.39, 0.29) is 48.8 Å². The third-order valence-corrected chi connectivity index (χ3v) is 11.0. The summed E-state index contributed by atoms with van der Waals surface area (Å²) in [5.74, 6) is -1.55. The van der Waals surface area contributed by atoms with Crippen LogP contribution in [0, 0.1) is 17.3 Å². The van der Waals surface area contributed by atoms with Crippen molar-refractivity contribution in [3.8, 4) is 0 Å². The average molecular weight is 703 g/mol. The lowest BCUT2D eigenvalue weighted by molar-refractivity contribution is -0.141. The summed E-state index contributed by atoms with van der Waals surface area (Å²) in [6.07, 6.45) is 4.95. The number of nitrogens with two attached hydrogens (primary N) is 2. The van der Waals surface area contributed by atoms with E-state index in [1.54, 1.807) is 0 Å². The normalized spacial score (nSPS) is 21.4. The Balaban J connectivity index is 1.28. The summed E-state index contributed by atoms with van der Waals surface area (Å²) in [6, 6.07) is 16.5. The minimum absolute atomic E-state index is 0.00407. The number of likely N-dealkylation sites (tertiary alicyclic amines) is 2. The number of hydrogen-bond acceptors (Lipinski definition) is 8. The van der Waals surface area contributed by atoms with Gasteiger partial charge in [-0.3, -0.25) is 28.9 Å². The van der Waals surface area contributed by atoms with Gasteiger partial charge in [-0.2, -0.15) is 0 Å². The zero-order valence-corrected chi connectivity index (χ0v) is 29.5. The highest BCUT2D eigenvalue weighted by atomic mass is 16.4. The van der Waals surface area contributed by atoms with Gasteiger partial charge in [-0.25, -0.2) is 0 Å². The van der Waals surface area contributed by atoms with Gasteiger partial charge in [0.2, 0.25) is 17.7 Å². The van der Waals surface area contributed by atoms with Crippen LogP contribution in [0.25, 0.3) is 0 Å². The highest BCUT2D eigenvalue weighted by Gasteiger charge is 2.47. The van der Waals surface area contributed by atoms with Gasteiger partial charge in [0.25, 0.3) is 0 Å². The van der Waals surface area contributed by atoms with Crippen LogP contribution in [0.2, 0.25) is 0 Å². The maximum atomic E-state index is 14.3. The van der Waals surface area contributed by atoms with Crippen molar-refractivity contribution in [3.05, 3.63) is 71.8 Å². The third kappa shape index (κ3) is 10.2. The molecule has 3 amide bonds. The monoisotopic (exact) mass is 702 g/mol. The standard InChI is InChI=1S/C39H54N6O6/c40-18-10-7-15-32(37(50)45-24-29-22-44(26-35(47)48)23-30(29)25-45)43-38(51)39(16-8-9-17-39)21-34(46)33(20-28-13-5-2-6-14-28)42-36(49)31(41)19-27-11-3-1-4-12-27/h1-6,11-14,29-33H,7-10,15-26,40-41H2,(H,42,49)(H,43,51)(H,47,48). The second kappa shape index (κ2) is 17.9. The number of amides is 3. The molecule has 3 fully saturated rings. The lowest BCUT2D eigenvalue weighted by Crippen LogP contribution is -2.54. The van der Waals surface area contributed by atoms with E-state index in [4.69, 9.17) is 11.5 Å². The van der Waals surface area contributed by atoms with Gasteiger partial charge in [-0.1, -0.05) is 73.5 Å². The smallest absolute Gasteiger partial charge is 0.317 e. The minimum Gasteiger partial charge on any atom is -0.480 e. The predicted molar refractivity (Wildman–Crippen MR) is 193 cm³/mol. The van der Waals surface area contributed by atoms with Crippen molar-refractivity contribution in [2.45, 2.75) is 82.3 Å². The number of Topliss-reactive ketones (excluding diaryl/α,β-unsaturated/α-hetero) is 1. The van der Waals surface area contributed by atoms with E-state index in [2.05, 4.69) is 10.6 Å². The third-order valence-electron chi connectivity index (χ3n) is 11.0. The fourth-order valence-corrected chi connectivity index (χ4v) is 8.20. The van der Waals surface area contributed by atoms with Crippen molar-refractivity contribution < 1.29 is 29.1 Å². The molecule has 276 valence electrons. The Bertz CT molecular complexity index is 1490. The summed E-state index contributed by atoms with van der Waals surface area (Å²) in [7, 11) is 0. The molecule has 2 heterocycles. The first-order valence-corrected chi connectivity index (χ1v) is 18.5. The highest BCUT2D eigenvalue weighted by molar-refractivity contribution is 5.96. The van der Waals surface area contributed by atoms with Gasteiger partial charge < -0.3 is 32.1 Å². The molecular weight excluding hydrogens is 648 g/mol. The summed E-state index contributed by atoms with van der Waals surface area (Å²) in [4.78, 5) is 70.8. The lowest BCUT2D eigenvalue weighted by atomic mass is 9.78. The molecule has 5 unspecified atom stereocenters. The number of fused-ring (bicyclic) bond motifs is 1. The maximum absolute atomic E-state index is 14.3. The molecule has 1 saturated carbocycles. The molecule has 2 aliphatic heterocycles. The molecule has 2 aromatic rings. The van der Waals surface area contributed by atoms with Crippen LogP contribution in [0.1, 0.15) is 62.5 Å². The number of ketones is 1. The fraction of sp³-hybridized carbons (Fsp3) is 0.564. The summed E-state index contributed by atoms with van der Waals surface area (Å²) in [5, 5.41) is 15.2. The molecule has 12 nitrogen and oxygen atoms in total. The van der Waals surface area contributed by atoms with Crippen molar-refractivity contribution in [2.75, 3.05) is 39.3 Å². The van der Waals surface area contributed by atoms with Gasteiger partial charge in [0.15, 0.2) is 5.78 Å². The van der Waals surface area contributed by atoms with Crippen molar-refractivity contribution >= 4 is 29.5 Å². The largest absolute Gasteiger partial charge is 0.480 e. The van der Waals surface area contributed by atoms with Gasteiger partial charge in [-0.05, 0) is 74.5 Å². The first kappa shape index (κ1) is 38.1. The van der Waals surface area contributed by atoms with Gasteiger partial charge >= 0.3 is 5.97 Å². The number of carboxylic acid groups (broad SMARTS) is 1. The van der Waals surface area contributed by atoms with E-state index >= 15 is 0 Å². The zero-order chi connectivity index (χ0) is 36.4. The highest BCUT2D eigenvalue weighted by Crippen LogP contribution is 2.42. The van der Waals surface area contributed by atoms with Crippen LogP contribution in [0.5, 0.6) is 0 Å². The van der Waals surface area contributed by atoms with Crippen molar-refractivity contribution in [1.82, 2.24) is 20.4 Å².